The number of likely N-dealkylation sites (tertiary alicyclic amines) is 1. The third-order valence-corrected chi connectivity index (χ3v) is 7.26. The lowest BCUT2D eigenvalue weighted by molar-refractivity contribution is 0.0728. The van der Waals surface area contributed by atoms with Gasteiger partial charge >= 0.3 is 0 Å². The molecule has 3 aromatic rings. The first-order chi connectivity index (χ1) is 17.9. The third kappa shape index (κ3) is 7.37. The Morgan fingerprint density at radius 2 is 1.59 bits per heavy atom. The Hall–Kier alpha value is -2.80. The van der Waals surface area contributed by atoms with Crippen molar-refractivity contribution in [2.45, 2.75) is 72.8 Å². The van der Waals surface area contributed by atoms with Crippen molar-refractivity contribution < 1.29 is 4.79 Å². The molecule has 0 N–H and O–H groups in total. The maximum atomic E-state index is 13.6. The van der Waals surface area contributed by atoms with Crippen LogP contribution in [0.4, 0.5) is 0 Å². The van der Waals surface area contributed by atoms with E-state index in [1.807, 2.05) is 23.1 Å². The topological polar surface area (TPSA) is 67.2 Å². The monoisotopic (exact) mass is 504 g/mol. The number of rotatable bonds is 12. The van der Waals surface area contributed by atoms with E-state index in [4.69, 9.17) is 9.97 Å². The van der Waals surface area contributed by atoms with Crippen LogP contribution in [-0.4, -0.2) is 67.9 Å². The number of hydrogen-bond donors (Lipinski definition) is 0. The molecule has 0 radical (unpaired) electrons. The maximum Gasteiger partial charge on any atom is 0.291 e. The largest absolute Gasteiger partial charge is 0.336 e. The number of nitrogens with zero attached hydrogens (tertiary/aromatic N) is 6. The van der Waals surface area contributed by atoms with Crippen molar-refractivity contribution in [1.82, 2.24) is 29.3 Å². The van der Waals surface area contributed by atoms with Crippen molar-refractivity contribution in [1.29, 1.82) is 0 Å². The van der Waals surface area contributed by atoms with Crippen molar-refractivity contribution in [2.24, 2.45) is 11.8 Å². The minimum atomic E-state index is -0.0782. The van der Waals surface area contributed by atoms with Gasteiger partial charge in [-0.25, -0.2) is 15.0 Å². The molecular weight excluding hydrogens is 460 g/mol. The predicted molar refractivity (Wildman–Crippen MR) is 150 cm³/mol. The van der Waals surface area contributed by atoms with Crippen LogP contribution in [0.3, 0.4) is 0 Å². The molecule has 0 spiro atoms. The number of fused-ring (bicyclic) bond motifs is 1. The van der Waals surface area contributed by atoms with Crippen LogP contribution in [0.1, 0.15) is 76.8 Å². The summed E-state index contributed by atoms with van der Waals surface area (Å²) in [6.07, 6.45) is 8.63. The maximum absolute atomic E-state index is 13.6. The van der Waals surface area contributed by atoms with E-state index in [9.17, 15) is 4.79 Å². The Morgan fingerprint density at radius 3 is 2.24 bits per heavy atom. The molecule has 7 nitrogen and oxygen atoms in total. The van der Waals surface area contributed by atoms with Crippen molar-refractivity contribution >= 4 is 17.1 Å². The number of piperidine rings is 1. The van der Waals surface area contributed by atoms with Gasteiger partial charge in [0, 0.05) is 25.2 Å². The van der Waals surface area contributed by atoms with Crippen molar-refractivity contribution in [3.63, 3.8) is 0 Å². The van der Waals surface area contributed by atoms with Crippen LogP contribution in [0, 0.1) is 11.8 Å². The molecule has 1 aromatic carbocycles. The molecule has 1 fully saturated rings. The van der Waals surface area contributed by atoms with Crippen LogP contribution < -0.4 is 0 Å². The molecule has 1 amide bonds. The molecule has 0 aliphatic carbocycles. The van der Waals surface area contributed by atoms with Crippen LogP contribution in [-0.2, 0) is 6.54 Å². The molecule has 7 heteroatoms. The zero-order chi connectivity index (χ0) is 26.2. The second-order valence-electron chi connectivity index (χ2n) is 11.3. The number of carbonyl (C=O) groups excluding carboxylic acids is 1. The van der Waals surface area contributed by atoms with Crippen LogP contribution >= 0.6 is 0 Å². The van der Waals surface area contributed by atoms with Gasteiger partial charge < -0.3 is 14.4 Å². The molecule has 3 heterocycles. The van der Waals surface area contributed by atoms with Gasteiger partial charge in [0.2, 0.25) is 5.82 Å². The quantitative estimate of drug-likeness (QED) is 0.307. The number of benzene rings is 1. The van der Waals surface area contributed by atoms with Gasteiger partial charge in [-0.3, -0.25) is 4.79 Å². The van der Waals surface area contributed by atoms with Crippen molar-refractivity contribution in [3.05, 3.63) is 42.4 Å². The van der Waals surface area contributed by atoms with Crippen molar-refractivity contribution in [3.8, 4) is 11.4 Å². The summed E-state index contributed by atoms with van der Waals surface area (Å²) in [6.45, 7) is 14.5. The number of carbonyl (C=O) groups is 1. The molecule has 2 aromatic heterocycles. The van der Waals surface area contributed by atoms with Gasteiger partial charge in [0.05, 0.1) is 6.20 Å². The summed E-state index contributed by atoms with van der Waals surface area (Å²) >= 11 is 0. The molecule has 0 unspecified atom stereocenters. The number of amides is 1. The molecule has 4 rings (SSSR count). The highest BCUT2D eigenvalue weighted by molar-refractivity contribution is 5.92. The number of hydrogen-bond acceptors (Lipinski definition) is 5. The Morgan fingerprint density at radius 1 is 0.919 bits per heavy atom. The second kappa shape index (κ2) is 13.1. The van der Waals surface area contributed by atoms with Gasteiger partial charge in [-0.15, -0.1) is 0 Å². The SMILES string of the molecule is CC(C)CCN(CCC(C)C)C(=O)c1ncc2nc(-c3ccccc3)n(CCCN3CCCCC3)c2n1. The normalized spacial score (nSPS) is 14.6. The standard InChI is InChI=1S/C30H44N6O/c1-23(2)14-20-35(21-15-24(3)4)30(37)27-31-22-26-29(33-27)36(19-11-18-34-16-9-6-10-17-34)28(32-26)25-12-7-5-8-13-25/h5,7-8,12-13,22-24H,6,9-11,14-21H2,1-4H3. The molecule has 0 bridgehead atoms. The molecule has 37 heavy (non-hydrogen) atoms. The van der Waals surface area contributed by atoms with Crippen LogP contribution in [0.2, 0.25) is 0 Å². The van der Waals surface area contributed by atoms with Gasteiger partial charge in [-0.2, -0.15) is 0 Å². The molecule has 200 valence electrons. The van der Waals surface area contributed by atoms with E-state index in [1.165, 1.54) is 32.4 Å². The van der Waals surface area contributed by atoms with Crippen LogP contribution in [0.15, 0.2) is 36.5 Å². The van der Waals surface area contributed by atoms with Crippen molar-refractivity contribution in [2.75, 3.05) is 32.7 Å². The Balaban J connectivity index is 1.62. The summed E-state index contributed by atoms with van der Waals surface area (Å²) in [7, 11) is 0. The lowest BCUT2D eigenvalue weighted by Gasteiger charge is -2.26. The fraction of sp³-hybridized carbons (Fsp3) is 0.600. The minimum absolute atomic E-state index is 0.0782. The fourth-order valence-corrected chi connectivity index (χ4v) is 4.96. The Labute approximate surface area is 222 Å². The Bertz CT molecular complexity index is 1120. The summed E-state index contributed by atoms with van der Waals surface area (Å²) < 4.78 is 2.19. The Kier molecular flexibility index (Phi) is 9.67. The van der Waals surface area contributed by atoms with E-state index < -0.39 is 0 Å². The lowest BCUT2D eigenvalue weighted by Crippen LogP contribution is -2.35. The van der Waals surface area contributed by atoms with E-state index in [2.05, 4.69) is 54.3 Å². The summed E-state index contributed by atoms with van der Waals surface area (Å²) in [5.74, 6) is 2.16. The van der Waals surface area contributed by atoms with Crippen LogP contribution in [0.25, 0.3) is 22.6 Å². The van der Waals surface area contributed by atoms with E-state index >= 15 is 0 Å². The zero-order valence-corrected chi connectivity index (χ0v) is 23.2. The molecule has 1 saturated heterocycles. The highest BCUT2D eigenvalue weighted by atomic mass is 16.2. The van der Waals surface area contributed by atoms with E-state index in [0.717, 1.165) is 68.0 Å². The number of aromatic nitrogens is 4. The average molecular weight is 505 g/mol. The van der Waals surface area contributed by atoms with Gasteiger partial charge in [0.25, 0.3) is 5.91 Å². The first-order valence-electron chi connectivity index (χ1n) is 14.2. The van der Waals surface area contributed by atoms with Gasteiger partial charge in [-0.05, 0) is 63.6 Å². The van der Waals surface area contributed by atoms with E-state index in [1.54, 1.807) is 6.20 Å². The average Bonchev–Trinajstić information content (AvgIpc) is 3.27. The van der Waals surface area contributed by atoms with Gasteiger partial charge in [0.15, 0.2) is 5.65 Å². The van der Waals surface area contributed by atoms with Crippen LogP contribution in [0.5, 0.6) is 0 Å². The van der Waals surface area contributed by atoms with Gasteiger partial charge in [-0.1, -0.05) is 64.4 Å². The van der Waals surface area contributed by atoms with Gasteiger partial charge in [0.1, 0.15) is 11.3 Å². The summed E-state index contributed by atoms with van der Waals surface area (Å²) in [6, 6.07) is 10.3. The molecule has 1 aliphatic rings. The first kappa shape index (κ1) is 27.2. The van der Waals surface area contributed by atoms with E-state index in [0.29, 0.717) is 11.8 Å². The summed E-state index contributed by atoms with van der Waals surface area (Å²) in [5.41, 5.74) is 2.55. The summed E-state index contributed by atoms with van der Waals surface area (Å²) in [5, 5.41) is 0. The minimum Gasteiger partial charge on any atom is -0.336 e. The lowest BCUT2D eigenvalue weighted by atomic mass is 10.1. The first-order valence-corrected chi connectivity index (χ1v) is 14.2. The predicted octanol–water partition coefficient (Wildman–Crippen LogP) is 5.90. The van der Waals surface area contributed by atoms with E-state index in [-0.39, 0.29) is 11.7 Å². The number of aryl methyl sites for hydroxylation is 1. The highest BCUT2D eigenvalue weighted by Crippen LogP contribution is 2.24. The summed E-state index contributed by atoms with van der Waals surface area (Å²) in [4.78, 5) is 32.3. The smallest absolute Gasteiger partial charge is 0.291 e. The second-order valence-corrected chi connectivity index (χ2v) is 11.3. The zero-order valence-electron chi connectivity index (χ0n) is 23.2. The molecule has 1 aliphatic heterocycles. The molecule has 0 atom stereocenters. The third-order valence-electron chi connectivity index (χ3n) is 7.26. The fourth-order valence-electron chi connectivity index (χ4n) is 4.96. The number of imidazole rings is 1. The molecule has 0 saturated carbocycles. The molecular formula is C30H44N6O. The highest BCUT2D eigenvalue weighted by Gasteiger charge is 2.22.